The lowest BCUT2D eigenvalue weighted by Gasteiger charge is -2.16. The van der Waals surface area contributed by atoms with Crippen LogP contribution in [0.5, 0.6) is 0 Å². The van der Waals surface area contributed by atoms with Crippen LogP contribution in [0.15, 0.2) is 12.2 Å². The molecule has 0 radical (unpaired) electrons. The maximum atomic E-state index is 11.7. The minimum atomic E-state index is 0.00879. The summed E-state index contributed by atoms with van der Waals surface area (Å²) in [5.41, 5.74) is 0. The van der Waals surface area contributed by atoms with Crippen LogP contribution in [0.4, 0.5) is 0 Å². The van der Waals surface area contributed by atoms with Crippen molar-refractivity contribution in [2.75, 3.05) is 0 Å². The van der Waals surface area contributed by atoms with Crippen LogP contribution in [0.3, 0.4) is 0 Å². The van der Waals surface area contributed by atoms with E-state index in [0.29, 0.717) is 6.42 Å². The maximum absolute atomic E-state index is 11.7. The predicted octanol–water partition coefficient (Wildman–Crippen LogP) is 4.78. The number of cyclic esters (lactones) is 1. The van der Waals surface area contributed by atoms with Crippen molar-refractivity contribution in [2.45, 2.75) is 83.7 Å². The molecule has 0 saturated carbocycles. The van der Waals surface area contributed by atoms with Crippen molar-refractivity contribution in [3.63, 3.8) is 0 Å². The number of carbonyl (C=O) groups excluding carboxylic acids is 1. The molecule has 1 aliphatic heterocycles. The van der Waals surface area contributed by atoms with Gasteiger partial charge in [0, 0.05) is 6.42 Å². The Morgan fingerprint density at radius 1 is 1.11 bits per heavy atom. The Balaban J connectivity index is 2.41. The Kier molecular flexibility index (Phi) is 8.62. The molecule has 18 heavy (non-hydrogen) atoms. The highest BCUT2D eigenvalue weighted by atomic mass is 16.5. The number of esters is 1. The number of allylic oxidation sites excluding steroid dienone is 2. The second-order valence-corrected chi connectivity index (χ2v) is 5.26. The summed E-state index contributed by atoms with van der Waals surface area (Å²) < 4.78 is 5.56. The Bertz CT molecular complexity index is 245. The van der Waals surface area contributed by atoms with Gasteiger partial charge in [-0.3, -0.25) is 4.79 Å². The van der Waals surface area contributed by atoms with Crippen LogP contribution in [0.1, 0.15) is 77.6 Å². The molecular weight excluding hydrogens is 224 g/mol. The van der Waals surface area contributed by atoms with E-state index in [4.69, 9.17) is 4.74 Å². The van der Waals surface area contributed by atoms with Crippen molar-refractivity contribution in [2.24, 2.45) is 0 Å². The van der Waals surface area contributed by atoms with Gasteiger partial charge in [-0.1, -0.05) is 44.8 Å². The topological polar surface area (TPSA) is 26.3 Å². The molecule has 0 fully saturated rings. The molecule has 0 saturated heterocycles. The average Bonchev–Trinajstić information content (AvgIpc) is 2.35. The van der Waals surface area contributed by atoms with Gasteiger partial charge in [0.2, 0.25) is 0 Å². The lowest BCUT2D eigenvalue weighted by atomic mass is 10.1. The number of hydrogen-bond acceptors (Lipinski definition) is 2. The van der Waals surface area contributed by atoms with Gasteiger partial charge in [0.05, 0.1) is 0 Å². The Morgan fingerprint density at radius 3 is 2.67 bits per heavy atom. The van der Waals surface area contributed by atoms with E-state index in [9.17, 15) is 4.79 Å². The summed E-state index contributed by atoms with van der Waals surface area (Å²) >= 11 is 0. The van der Waals surface area contributed by atoms with E-state index in [-0.39, 0.29) is 12.1 Å². The molecule has 1 rings (SSSR count). The SMILES string of the molecule is CCCC1CCC=CCCCCCCCC(=O)O1. The minimum absolute atomic E-state index is 0.00879. The van der Waals surface area contributed by atoms with Gasteiger partial charge in [0.25, 0.3) is 0 Å². The van der Waals surface area contributed by atoms with E-state index in [1.54, 1.807) is 0 Å². The lowest BCUT2D eigenvalue weighted by molar-refractivity contribution is -0.149. The molecule has 0 spiro atoms. The first kappa shape index (κ1) is 15.3. The van der Waals surface area contributed by atoms with Crippen molar-refractivity contribution in [3.05, 3.63) is 12.2 Å². The van der Waals surface area contributed by atoms with Crippen LogP contribution in [0, 0.1) is 0 Å². The maximum Gasteiger partial charge on any atom is 0.306 e. The van der Waals surface area contributed by atoms with Crippen molar-refractivity contribution in [1.29, 1.82) is 0 Å². The Morgan fingerprint density at radius 2 is 1.83 bits per heavy atom. The zero-order valence-corrected chi connectivity index (χ0v) is 11.8. The zero-order chi connectivity index (χ0) is 13.1. The van der Waals surface area contributed by atoms with Gasteiger partial charge in [-0.25, -0.2) is 0 Å². The largest absolute Gasteiger partial charge is 0.462 e. The molecule has 0 aromatic carbocycles. The van der Waals surface area contributed by atoms with Gasteiger partial charge in [-0.2, -0.15) is 0 Å². The second-order valence-electron chi connectivity index (χ2n) is 5.26. The highest BCUT2D eigenvalue weighted by Crippen LogP contribution is 2.14. The third kappa shape index (κ3) is 7.52. The molecule has 0 amide bonds. The highest BCUT2D eigenvalue weighted by Gasteiger charge is 2.12. The first-order valence-corrected chi connectivity index (χ1v) is 7.67. The number of rotatable bonds is 2. The van der Waals surface area contributed by atoms with Crippen molar-refractivity contribution < 1.29 is 9.53 Å². The number of carbonyl (C=O) groups is 1. The minimum Gasteiger partial charge on any atom is -0.462 e. The number of ether oxygens (including phenoxy) is 1. The van der Waals surface area contributed by atoms with E-state index in [2.05, 4.69) is 19.1 Å². The summed E-state index contributed by atoms with van der Waals surface area (Å²) in [7, 11) is 0. The normalized spacial score (nSPS) is 24.3. The van der Waals surface area contributed by atoms with E-state index in [0.717, 1.165) is 38.5 Å². The van der Waals surface area contributed by atoms with E-state index in [1.807, 2.05) is 0 Å². The standard InChI is InChI=1S/C16H28O2/c1-2-12-15-13-10-8-6-4-3-5-7-9-11-14-16(17)18-15/h6,8,15H,2-5,7,9-14H2,1H3. The fraction of sp³-hybridized carbons (Fsp3) is 0.812. The fourth-order valence-corrected chi connectivity index (χ4v) is 2.41. The van der Waals surface area contributed by atoms with Crippen LogP contribution < -0.4 is 0 Å². The molecule has 0 N–H and O–H groups in total. The van der Waals surface area contributed by atoms with Crippen molar-refractivity contribution in [3.8, 4) is 0 Å². The van der Waals surface area contributed by atoms with Crippen LogP contribution in [-0.2, 0) is 9.53 Å². The summed E-state index contributed by atoms with van der Waals surface area (Å²) in [5, 5.41) is 0. The summed E-state index contributed by atoms with van der Waals surface area (Å²) in [5.74, 6) is 0.00879. The first-order chi connectivity index (χ1) is 8.83. The van der Waals surface area contributed by atoms with Crippen LogP contribution in [0.2, 0.25) is 0 Å². The summed E-state index contributed by atoms with van der Waals surface area (Å²) in [6.45, 7) is 2.15. The third-order valence-electron chi connectivity index (χ3n) is 3.48. The zero-order valence-electron chi connectivity index (χ0n) is 11.8. The predicted molar refractivity (Wildman–Crippen MR) is 75.5 cm³/mol. The molecule has 1 atom stereocenters. The molecule has 0 bridgehead atoms. The van der Waals surface area contributed by atoms with Crippen molar-refractivity contribution >= 4 is 5.97 Å². The summed E-state index contributed by atoms with van der Waals surface area (Å²) in [4.78, 5) is 11.7. The molecule has 2 nitrogen and oxygen atoms in total. The van der Waals surface area contributed by atoms with Gasteiger partial charge < -0.3 is 4.74 Å². The Labute approximate surface area is 112 Å². The molecule has 1 heterocycles. The average molecular weight is 252 g/mol. The van der Waals surface area contributed by atoms with E-state index < -0.39 is 0 Å². The van der Waals surface area contributed by atoms with Gasteiger partial charge >= 0.3 is 5.97 Å². The third-order valence-corrected chi connectivity index (χ3v) is 3.48. The van der Waals surface area contributed by atoms with Gasteiger partial charge in [0.1, 0.15) is 6.10 Å². The Hall–Kier alpha value is -0.790. The van der Waals surface area contributed by atoms with Crippen molar-refractivity contribution in [1.82, 2.24) is 0 Å². The molecule has 104 valence electrons. The quantitative estimate of drug-likeness (QED) is 0.522. The molecule has 0 aromatic rings. The van der Waals surface area contributed by atoms with Crippen LogP contribution in [0.25, 0.3) is 0 Å². The van der Waals surface area contributed by atoms with E-state index >= 15 is 0 Å². The molecule has 1 unspecified atom stereocenters. The highest BCUT2D eigenvalue weighted by molar-refractivity contribution is 5.69. The molecule has 0 aliphatic carbocycles. The molecule has 1 aliphatic rings. The van der Waals surface area contributed by atoms with Crippen LogP contribution in [-0.4, -0.2) is 12.1 Å². The summed E-state index contributed by atoms with van der Waals surface area (Å²) in [6.07, 6.45) is 16.6. The molecule has 2 heteroatoms. The van der Waals surface area contributed by atoms with E-state index in [1.165, 1.54) is 25.7 Å². The van der Waals surface area contributed by atoms with Crippen LogP contribution >= 0.6 is 0 Å². The second kappa shape index (κ2) is 10.2. The summed E-state index contributed by atoms with van der Waals surface area (Å²) in [6, 6.07) is 0. The fourth-order valence-electron chi connectivity index (χ4n) is 2.41. The van der Waals surface area contributed by atoms with Gasteiger partial charge in [0.15, 0.2) is 0 Å². The lowest BCUT2D eigenvalue weighted by Crippen LogP contribution is -2.17. The molecule has 0 aromatic heterocycles. The first-order valence-electron chi connectivity index (χ1n) is 7.67. The van der Waals surface area contributed by atoms with Gasteiger partial charge in [-0.15, -0.1) is 0 Å². The van der Waals surface area contributed by atoms with Gasteiger partial charge in [-0.05, 0) is 38.5 Å². The number of hydrogen-bond donors (Lipinski definition) is 0. The smallest absolute Gasteiger partial charge is 0.306 e. The molecular formula is C16H28O2. The monoisotopic (exact) mass is 252 g/mol.